The fourth-order valence-electron chi connectivity index (χ4n) is 3.82. The number of benzene rings is 1. The van der Waals surface area contributed by atoms with Gasteiger partial charge in [0.1, 0.15) is 11.5 Å². The molecule has 1 amide bonds. The highest BCUT2D eigenvalue weighted by molar-refractivity contribution is 7.89. The first-order valence-corrected chi connectivity index (χ1v) is 12.2. The lowest BCUT2D eigenvalue weighted by Gasteiger charge is -2.31. The first-order valence-electron chi connectivity index (χ1n) is 10.8. The highest BCUT2D eigenvalue weighted by Gasteiger charge is 2.37. The van der Waals surface area contributed by atoms with Crippen LogP contribution < -0.4 is 5.32 Å². The topological polar surface area (TPSA) is 105 Å². The Morgan fingerprint density at radius 3 is 2.67 bits per heavy atom. The summed E-state index contributed by atoms with van der Waals surface area (Å²) in [5.41, 5.74) is 2.35. The van der Waals surface area contributed by atoms with Crippen LogP contribution in [-0.2, 0) is 14.8 Å². The Bertz CT molecular complexity index is 1250. The maximum absolute atomic E-state index is 13.5. The number of amides is 1. The van der Waals surface area contributed by atoms with Crippen LogP contribution in [0, 0.1) is 19.8 Å². The van der Waals surface area contributed by atoms with Crippen molar-refractivity contribution < 1.29 is 17.7 Å². The zero-order chi connectivity index (χ0) is 23.4. The minimum absolute atomic E-state index is 0.0386. The molecule has 1 N–H and O–H groups in total. The molecular weight excluding hydrogens is 440 g/mol. The van der Waals surface area contributed by atoms with Crippen LogP contribution in [0.5, 0.6) is 0 Å². The van der Waals surface area contributed by atoms with Gasteiger partial charge in [-0.05, 0) is 50.5 Å². The van der Waals surface area contributed by atoms with Gasteiger partial charge in [-0.25, -0.2) is 13.4 Å². The van der Waals surface area contributed by atoms with E-state index >= 15 is 0 Å². The van der Waals surface area contributed by atoms with Gasteiger partial charge in [0, 0.05) is 19.3 Å². The van der Waals surface area contributed by atoms with E-state index in [1.807, 2.05) is 31.2 Å². The van der Waals surface area contributed by atoms with Gasteiger partial charge in [0.2, 0.25) is 15.9 Å². The van der Waals surface area contributed by atoms with Crippen molar-refractivity contribution in [3.63, 3.8) is 0 Å². The normalized spacial score (nSPS) is 17.3. The minimum atomic E-state index is -3.90. The van der Waals surface area contributed by atoms with E-state index in [0.717, 1.165) is 11.1 Å². The number of aryl methyl sites for hydroxylation is 2. The van der Waals surface area contributed by atoms with E-state index in [-0.39, 0.29) is 23.1 Å². The number of hydrogen-bond donors (Lipinski definition) is 1. The third kappa shape index (κ3) is 5.20. The molecule has 33 heavy (non-hydrogen) atoms. The first-order chi connectivity index (χ1) is 15.8. The van der Waals surface area contributed by atoms with Gasteiger partial charge in [-0.3, -0.25) is 4.79 Å². The van der Waals surface area contributed by atoms with Crippen LogP contribution in [-0.4, -0.2) is 41.9 Å². The maximum atomic E-state index is 13.5. The van der Waals surface area contributed by atoms with E-state index in [0.29, 0.717) is 30.9 Å². The van der Waals surface area contributed by atoms with Crippen LogP contribution in [0.15, 0.2) is 58.1 Å². The molecule has 2 aromatic heterocycles. The van der Waals surface area contributed by atoms with Crippen LogP contribution in [0.3, 0.4) is 0 Å². The number of anilines is 1. The number of sulfonamides is 1. The van der Waals surface area contributed by atoms with Crippen molar-refractivity contribution in [2.45, 2.75) is 31.6 Å². The SMILES string of the molecule is Cc1ccc(/C=C/c2onc(C)c2S(=O)(=O)N2CCCC(C(=O)Nc3ccccn3)C2)cc1. The van der Waals surface area contributed by atoms with Crippen LogP contribution >= 0.6 is 0 Å². The van der Waals surface area contributed by atoms with Gasteiger partial charge < -0.3 is 9.84 Å². The Morgan fingerprint density at radius 1 is 1.15 bits per heavy atom. The highest BCUT2D eigenvalue weighted by Crippen LogP contribution is 2.29. The van der Waals surface area contributed by atoms with Crippen molar-refractivity contribution in [3.8, 4) is 0 Å². The van der Waals surface area contributed by atoms with E-state index in [9.17, 15) is 13.2 Å². The minimum Gasteiger partial charge on any atom is -0.355 e. The van der Waals surface area contributed by atoms with Crippen molar-refractivity contribution in [2.24, 2.45) is 5.92 Å². The number of piperidine rings is 1. The van der Waals surface area contributed by atoms with Gasteiger partial charge >= 0.3 is 0 Å². The predicted molar refractivity (Wildman–Crippen MR) is 126 cm³/mol. The zero-order valence-corrected chi connectivity index (χ0v) is 19.4. The molecule has 1 aromatic carbocycles. The van der Waals surface area contributed by atoms with Crippen LogP contribution in [0.2, 0.25) is 0 Å². The lowest BCUT2D eigenvalue weighted by atomic mass is 9.99. The molecule has 9 heteroatoms. The number of aromatic nitrogens is 2. The number of nitrogens with one attached hydrogen (secondary N) is 1. The molecule has 0 spiro atoms. The Hall–Kier alpha value is -3.30. The average Bonchev–Trinajstić information content (AvgIpc) is 3.20. The average molecular weight is 467 g/mol. The number of carbonyl (C=O) groups is 1. The van der Waals surface area contributed by atoms with E-state index in [1.165, 1.54) is 4.31 Å². The van der Waals surface area contributed by atoms with Gasteiger partial charge in [0.15, 0.2) is 10.7 Å². The Kier molecular flexibility index (Phi) is 6.71. The largest absolute Gasteiger partial charge is 0.355 e. The highest BCUT2D eigenvalue weighted by atomic mass is 32.2. The Labute approximate surface area is 193 Å². The molecule has 1 unspecified atom stereocenters. The second-order valence-corrected chi connectivity index (χ2v) is 9.99. The fraction of sp³-hybridized carbons (Fsp3) is 0.292. The lowest BCUT2D eigenvalue weighted by Crippen LogP contribution is -2.44. The Morgan fingerprint density at radius 2 is 1.94 bits per heavy atom. The molecule has 1 fully saturated rings. The van der Waals surface area contributed by atoms with Crippen molar-refractivity contribution in [3.05, 3.63) is 71.2 Å². The quantitative estimate of drug-likeness (QED) is 0.591. The molecule has 1 aliphatic heterocycles. The maximum Gasteiger partial charge on any atom is 0.248 e. The molecule has 0 bridgehead atoms. The summed E-state index contributed by atoms with van der Waals surface area (Å²) in [6.45, 7) is 4.03. The van der Waals surface area contributed by atoms with Crippen LogP contribution in [0.25, 0.3) is 12.2 Å². The van der Waals surface area contributed by atoms with E-state index in [1.54, 1.807) is 43.5 Å². The molecule has 172 valence electrons. The molecule has 4 rings (SSSR count). The number of pyridine rings is 1. The summed E-state index contributed by atoms with van der Waals surface area (Å²) in [6.07, 6.45) is 6.18. The summed E-state index contributed by atoms with van der Waals surface area (Å²) >= 11 is 0. The van der Waals surface area contributed by atoms with Gasteiger partial charge in [0.25, 0.3) is 0 Å². The summed E-state index contributed by atoms with van der Waals surface area (Å²) in [4.78, 5) is 16.9. The second-order valence-electron chi connectivity index (χ2n) is 8.11. The summed E-state index contributed by atoms with van der Waals surface area (Å²) in [7, 11) is -3.90. The molecule has 3 aromatic rings. The summed E-state index contributed by atoms with van der Waals surface area (Å²) in [6, 6.07) is 13.1. The standard InChI is InChI=1S/C24H26N4O4S/c1-17-8-10-19(11-9-17)12-13-21-23(18(2)27-32-21)33(30,31)28-15-5-6-20(16-28)24(29)26-22-7-3-4-14-25-22/h3-4,7-14,20H,5-6,15-16H2,1-2H3,(H,25,26,29)/b13-12+. The zero-order valence-electron chi connectivity index (χ0n) is 18.6. The third-order valence-corrected chi connectivity index (χ3v) is 7.63. The van der Waals surface area contributed by atoms with Gasteiger partial charge in [-0.2, -0.15) is 4.31 Å². The molecular formula is C24H26N4O4S. The van der Waals surface area contributed by atoms with Crippen molar-refractivity contribution in [1.29, 1.82) is 0 Å². The van der Waals surface area contributed by atoms with Gasteiger partial charge in [-0.1, -0.05) is 47.1 Å². The molecule has 1 saturated heterocycles. The summed E-state index contributed by atoms with van der Waals surface area (Å²) in [5, 5.41) is 6.66. The van der Waals surface area contributed by atoms with Crippen LogP contribution in [0.4, 0.5) is 5.82 Å². The van der Waals surface area contributed by atoms with E-state index < -0.39 is 15.9 Å². The predicted octanol–water partition coefficient (Wildman–Crippen LogP) is 3.90. The second kappa shape index (κ2) is 9.68. The molecule has 1 atom stereocenters. The molecule has 0 saturated carbocycles. The third-order valence-electron chi connectivity index (χ3n) is 5.61. The molecule has 1 aliphatic rings. The lowest BCUT2D eigenvalue weighted by molar-refractivity contribution is -0.120. The molecule has 0 aliphatic carbocycles. The van der Waals surface area contributed by atoms with Gasteiger partial charge in [-0.15, -0.1) is 0 Å². The summed E-state index contributed by atoms with van der Waals surface area (Å²) in [5.74, 6) is -0.0913. The monoisotopic (exact) mass is 466 g/mol. The fourth-order valence-corrected chi connectivity index (χ4v) is 5.59. The van der Waals surface area contributed by atoms with Gasteiger partial charge in [0.05, 0.1) is 5.92 Å². The van der Waals surface area contributed by atoms with E-state index in [4.69, 9.17) is 4.52 Å². The first kappa shape index (κ1) is 22.9. The molecule has 3 heterocycles. The molecule has 8 nitrogen and oxygen atoms in total. The number of hydrogen-bond acceptors (Lipinski definition) is 6. The van der Waals surface area contributed by atoms with Crippen LogP contribution in [0.1, 0.15) is 35.4 Å². The number of nitrogens with zero attached hydrogens (tertiary/aromatic N) is 3. The van der Waals surface area contributed by atoms with Crippen molar-refractivity contribution in [2.75, 3.05) is 18.4 Å². The van der Waals surface area contributed by atoms with Crippen molar-refractivity contribution >= 4 is 33.9 Å². The number of carbonyl (C=O) groups excluding carboxylic acids is 1. The molecule has 0 radical (unpaired) electrons. The van der Waals surface area contributed by atoms with Crippen molar-refractivity contribution in [1.82, 2.24) is 14.4 Å². The number of rotatable bonds is 6. The van der Waals surface area contributed by atoms with E-state index in [2.05, 4.69) is 15.5 Å². The smallest absolute Gasteiger partial charge is 0.248 e. The Balaban J connectivity index is 1.53. The summed E-state index contributed by atoms with van der Waals surface area (Å²) < 4.78 is 33.7.